The second-order valence-electron chi connectivity index (χ2n) is 8.69. The highest BCUT2D eigenvalue weighted by Gasteiger charge is 2.44. The van der Waals surface area contributed by atoms with Gasteiger partial charge in [0.2, 0.25) is 0 Å². The number of benzene rings is 1. The highest BCUT2D eigenvalue weighted by atomic mass is 16.5. The fourth-order valence-corrected chi connectivity index (χ4v) is 4.88. The molecule has 4 fully saturated rings. The lowest BCUT2D eigenvalue weighted by Gasteiger charge is -2.47. The third-order valence-electron chi connectivity index (χ3n) is 6.69. The SMILES string of the molecule is OC1(C#Cc2cnc(N3CCOCC3)cc2Cc2ccccc2)CN2CCC1CC2. The number of rotatable bonds is 3. The summed E-state index contributed by atoms with van der Waals surface area (Å²) in [7, 11) is 0. The van der Waals surface area contributed by atoms with Crippen LogP contribution in [0.3, 0.4) is 0 Å². The van der Waals surface area contributed by atoms with Gasteiger partial charge in [-0.1, -0.05) is 42.2 Å². The number of hydrogen-bond acceptors (Lipinski definition) is 5. The van der Waals surface area contributed by atoms with Crippen LogP contribution in [0.5, 0.6) is 0 Å². The van der Waals surface area contributed by atoms with Crippen LogP contribution in [-0.2, 0) is 11.2 Å². The summed E-state index contributed by atoms with van der Waals surface area (Å²) in [5.74, 6) is 7.86. The first-order chi connectivity index (χ1) is 14.7. The van der Waals surface area contributed by atoms with Gasteiger partial charge in [0.15, 0.2) is 0 Å². The first-order valence-corrected chi connectivity index (χ1v) is 11.0. The van der Waals surface area contributed by atoms with E-state index in [2.05, 4.69) is 52.0 Å². The van der Waals surface area contributed by atoms with E-state index in [1.54, 1.807) is 0 Å². The summed E-state index contributed by atoms with van der Waals surface area (Å²) in [4.78, 5) is 9.32. The number of morpholine rings is 1. The van der Waals surface area contributed by atoms with Crippen LogP contribution in [0.1, 0.15) is 29.5 Å². The van der Waals surface area contributed by atoms with Gasteiger partial charge in [-0.3, -0.25) is 4.90 Å². The Morgan fingerprint density at radius 1 is 1.10 bits per heavy atom. The zero-order chi connectivity index (χ0) is 20.4. The Hall–Kier alpha value is -2.39. The number of nitrogens with zero attached hydrogens (tertiary/aromatic N) is 3. The van der Waals surface area contributed by atoms with E-state index >= 15 is 0 Å². The molecule has 0 radical (unpaired) electrons. The van der Waals surface area contributed by atoms with Gasteiger partial charge in [-0.25, -0.2) is 4.98 Å². The summed E-state index contributed by atoms with van der Waals surface area (Å²) in [5.41, 5.74) is 2.43. The zero-order valence-electron chi connectivity index (χ0n) is 17.4. The van der Waals surface area contributed by atoms with Crippen molar-refractivity contribution in [3.05, 3.63) is 59.3 Å². The first-order valence-electron chi connectivity index (χ1n) is 11.0. The van der Waals surface area contributed by atoms with Crippen molar-refractivity contribution in [3.63, 3.8) is 0 Å². The number of piperidine rings is 3. The van der Waals surface area contributed by atoms with Crippen molar-refractivity contribution >= 4 is 5.82 Å². The summed E-state index contributed by atoms with van der Waals surface area (Å²) in [5, 5.41) is 11.2. The van der Waals surface area contributed by atoms with E-state index in [0.29, 0.717) is 6.54 Å². The minimum atomic E-state index is -0.899. The molecule has 0 saturated carbocycles. The lowest BCUT2D eigenvalue weighted by molar-refractivity contribution is -0.0713. The number of fused-ring (bicyclic) bond motifs is 3. The van der Waals surface area contributed by atoms with Gasteiger partial charge in [0.25, 0.3) is 0 Å². The number of hydrogen-bond donors (Lipinski definition) is 1. The van der Waals surface area contributed by atoms with Crippen molar-refractivity contribution in [1.29, 1.82) is 0 Å². The van der Waals surface area contributed by atoms with Crippen molar-refractivity contribution in [1.82, 2.24) is 9.88 Å². The highest BCUT2D eigenvalue weighted by Crippen LogP contribution is 2.35. The van der Waals surface area contributed by atoms with E-state index in [0.717, 1.165) is 75.6 Å². The number of aliphatic hydroxyl groups is 1. The van der Waals surface area contributed by atoms with E-state index in [1.807, 2.05) is 12.3 Å². The Morgan fingerprint density at radius 2 is 1.87 bits per heavy atom. The number of ether oxygens (including phenoxy) is 1. The van der Waals surface area contributed by atoms with Crippen molar-refractivity contribution in [3.8, 4) is 11.8 Å². The molecule has 0 amide bonds. The van der Waals surface area contributed by atoms with E-state index < -0.39 is 5.60 Å². The standard InChI is InChI=1S/C25H29N3O2/c29-25(19-27-10-7-23(25)8-11-27)9-6-21-18-26-24(28-12-14-30-15-13-28)17-22(21)16-20-4-2-1-3-5-20/h1-5,17-18,23,29H,7-8,10-16,19H2. The Kier molecular flexibility index (Phi) is 5.47. The molecule has 1 atom stereocenters. The van der Waals surface area contributed by atoms with Gasteiger partial charge in [0, 0.05) is 37.3 Å². The Bertz CT molecular complexity index is 938. The Morgan fingerprint density at radius 3 is 2.57 bits per heavy atom. The quantitative estimate of drug-likeness (QED) is 0.797. The van der Waals surface area contributed by atoms with Gasteiger partial charge < -0.3 is 14.7 Å². The van der Waals surface area contributed by atoms with Gasteiger partial charge in [-0.05, 0) is 49.5 Å². The minimum Gasteiger partial charge on any atom is -0.378 e. The molecule has 2 bridgehead atoms. The van der Waals surface area contributed by atoms with Crippen molar-refractivity contribution < 1.29 is 9.84 Å². The molecule has 5 nitrogen and oxygen atoms in total. The molecular weight excluding hydrogens is 374 g/mol. The smallest absolute Gasteiger partial charge is 0.141 e. The van der Waals surface area contributed by atoms with Crippen molar-refractivity contribution in [2.75, 3.05) is 50.8 Å². The minimum absolute atomic E-state index is 0.285. The summed E-state index contributed by atoms with van der Waals surface area (Å²) >= 11 is 0. The van der Waals surface area contributed by atoms with Gasteiger partial charge in [-0.2, -0.15) is 0 Å². The van der Waals surface area contributed by atoms with E-state index in [1.165, 1.54) is 5.56 Å². The molecule has 6 rings (SSSR count). The predicted molar refractivity (Wildman–Crippen MR) is 118 cm³/mol. The molecule has 1 aromatic heterocycles. The number of aromatic nitrogens is 1. The van der Waals surface area contributed by atoms with Crippen molar-refractivity contribution in [2.45, 2.75) is 24.9 Å². The highest BCUT2D eigenvalue weighted by molar-refractivity contribution is 5.51. The van der Waals surface area contributed by atoms with Crippen molar-refractivity contribution in [2.24, 2.45) is 5.92 Å². The molecule has 0 spiro atoms. The third-order valence-corrected chi connectivity index (χ3v) is 6.69. The maximum atomic E-state index is 11.2. The molecular formula is C25H29N3O2. The second-order valence-corrected chi connectivity index (χ2v) is 8.69. The molecule has 0 aliphatic carbocycles. The average Bonchev–Trinajstić information content (AvgIpc) is 2.80. The van der Waals surface area contributed by atoms with E-state index in [-0.39, 0.29) is 5.92 Å². The summed E-state index contributed by atoms with van der Waals surface area (Å²) in [6, 6.07) is 12.6. The van der Waals surface area contributed by atoms with Gasteiger partial charge in [0.05, 0.1) is 13.2 Å². The van der Waals surface area contributed by atoms with Gasteiger partial charge in [-0.15, -0.1) is 0 Å². The topological polar surface area (TPSA) is 48.8 Å². The van der Waals surface area contributed by atoms with Gasteiger partial charge in [0.1, 0.15) is 11.4 Å². The molecule has 1 N–H and O–H groups in total. The molecule has 2 aromatic rings. The molecule has 4 saturated heterocycles. The van der Waals surface area contributed by atoms with Gasteiger partial charge >= 0.3 is 0 Å². The predicted octanol–water partition coefficient (Wildman–Crippen LogP) is 2.32. The number of anilines is 1. The molecule has 5 heteroatoms. The average molecular weight is 404 g/mol. The summed E-state index contributed by atoms with van der Waals surface area (Å²) in [6.07, 6.45) is 4.77. The first kappa shape index (κ1) is 19.6. The van der Waals surface area contributed by atoms with Crippen LogP contribution < -0.4 is 4.90 Å². The van der Waals surface area contributed by atoms with Crippen LogP contribution in [0, 0.1) is 17.8 Å². The third kappa shape index (κ3) is 4.09. The maximum Gasteiger partial charge on any atom is 0.141 e. The Labute approximate surface area is 178 Å². The van der Waals surface area contributed by atoms with Crippen LogP contribution >= 0.6 is 0 Å². The van der Waals surface area contributed by atoms with Crippen LogP contribution in [0.15, 0.2) is 42.6 Å². The molecule has 4 aliphatic rings. The lowest BCUT2D eigenvalue weighted by atomic mass is 9.75. The Balaban J connectivity index is 1.46. The van der Waals surface area contributed by atoms with Crippen LogP contribution in [-0.4, -0.2) is 66.5 Å². The zero-order valence-corrected chi connectivity index (χ0v) is 17.4. The van der Waals surface area contributed by atoms with E-state index in [4.69, 9.17) is 9.72 Å². The van der Waals surface area contributed by atoms with Crippen LogP contribution in [0.4, 0.5) is 5.82 Å². The van der Waals surface area contributed by atoms with Crippen LogP contribution in [0.25, 0.3) is 0 Å². The maximum absolute atomic E-state index is 11.2. The molecule has 5 heterocycles. The molecule has 1 aromatic carbocycles. The number of pyridine rings is 1. The summed E-state index contributed by atoms with van der Waals surface area (Å²) in [6.45, 7) is 6.04. The molecule has 4 aliphatic heterocycles. The monoisotopic (exact) mass is 403 g/mol. The molecule has 1 unspecified atom stereocenters. The fourth-order valence-electron chi connectivity index (χ4n) is 4.88. The molecule has 30 heavy (non-hydrogen) atoms. The lowest BCUT2D eigenvalue weighted by Crippen LogP contribution is -2.58. The fraction of sp³-hybridized carbons (Fsp3) is 0.480. The van der Waals surface area contributed by atoms with E-state index in [9.17, 15) is 5.11 Å². The second kappa shape index (κ2) is 8.39. The molecule has 156 valence electrons. The largest absolute Gasteiger partial charge is 0.378 e. The van der Waals surface area contributed by atoms with Crippen LogP contribution in [0.2, 0.25) is 0 Å². The normalized spacial score (nSPS) is 28.1. The summed E-state index contributed by atoms with van der Waals surface area (Å²) < 4.78 is 5.49.